The van der Waals surface area contributed by atoms with Gasteiger partial charge in [0.05, 0.1) is 5.69 Å². The highest BCUT2D eigenvalue weighted by Gasteiger charge is 2.14. The molecule has 0 aliphatic heterocycles. The Balaban J connectivity index is 2.01. The van der Waals surface area contributed by atoms with Gasteiger partial charge in [-0.2, -0.15) is 0 Å². The summed E-state index contributed by atoms with van der Waals surface area (Å²) in [5.74, 6) is -1.04. The topological polar surface area (TPSA) is 63.1 Å². The summed E-state index contributed by atoms with van der Waals surface area (Å²) in [6.07, 6.45) is 4.76. The van der Waals surface area contributed by atoms with Crippen LogP contribution >= 0.6 is 0 Å². The van der Waals surface area contributed by atoms with Crippen molar-refractivity contribution in [3.63, 3.8) is 0 Å². The van der Waals surface area contributed by atoms with Crippen LogP contribution in [0.2, 0.25) is 0 Å². The van der Waals surface area contributed by atoms with Gasteiger partial charge in [0.1, 0.15) is 0 Å². The first-order chi connectivity index (χ1) is 9.65. The van der Waals surface area contributed by atoms with E-state index in [0.29, 0.717) is 5.56 Å². The van der Waals surface area contributed by atoms with Crippen LogP contribution in [-0.4, -0.2) is 21.3 Å². The largest absolute Gasteiger partial charge is 0.476 e. The number of hydrogen-bond donors (Lipinski definition) is 1. The van der Waals surface area contributed by atoms with E-state index in [4.69, 9.17) is 5.11 Å². The normalized spacial score (nSPS) is 13.8. The van der Waals surface area contributed by atoms with E-state index in [2.05, 4.69) is 22.3 Å². The second-order valence-corrected chi connectivity index (χ2v) is 5.26. The third-order valence-corrected chi connectivity index (χ3v) is 3.83. The number of rotatable bonds is 2. The monoisotopic (exact) mass is 268 g/mol. The first-order valence-electron chi connectivity index (χ1n) is 6.85. The second-order valence-electron chi connectivity index (χ2n) is 5.26. The number of aromatic nitrogens is 2. The van der Waals surface area contributed by atoms with Gasteiger partial charge < -0.3 is 5.11 Å². The number of aromatic carboxylic acids is 1. The summed E-state index contributed by atoms with van der Waals surface area (Å²) < 4.78 is 0. The van der Waals surface area contributed by atoms with Crippen LogP contribution in [-0.2, 0) is 12.8 Å². The first-order valence-corrected chi connectivity index (χ1v) is 6.85. The Morgan fingerprint density at radius 1 is 1.10 bits per heavy atom. The van der Waals surface area contributed by atoms with Crippen LogP contribution in [0.1, 0.15) is 40.0 Å². The average Bonchev–Trinajstić information content (AvgIpc) is 2.46. The molecule has 4 heteroatoms. The lowest BCUT2D eigenvalue weighted by Crippen LogP contribution is -2.06. The van der Waals surface area contributed by atoms with Gasteiger partial charge in [-0.15, -0.1) is 10.2 Å². The van der Waals surface area contributed by atoms with Crippen molar-refractivity contribution in [3.05, 3.63) is 46.6 Å². The highest BCUT2D eigenvalue weighted by atomic mass is 16.4. The van der Waals surface area contributed by atoms with Gasteiger partial charge >= 0.3 is 5.97 Å². The third kappa shape index (κ3) is 2.29. The van der Waals surface area contributed by atoms with Crippen LogP contribution in [0.25, 0.3) is 11.3 Å². The Bertz CT molecular complexity index is 680. The van der Waals surface area contributed by atoms with Crippen molar-refractivity contribution in [1.82, 2.24) is 10.2 Å². The number of hydrogen-bond acceptors (Lipinski definition) is 3. The van der Waals surface area contributed by atoms with E-state index in [1.54, 1.807) is 13.0 Å². The Kier molecular flexibility index (Phi) is 3.22. The minimum absolute atomic E-state index is 0.0201. The lowest BCUT2D eigenvalue weighted by atomic mass is 9.90. The van der Waals surface area contributed by atoms with Crippen LogP contribution in [0, 0.1) is 6.92 Å². The summed E-state index contributed by atoms with van der Waals surface area (Å²) in [7, 11) is 0. The first kappa shape index (κ1) is 12.8. The Morgan fingerprint density at radius 3 is 2.55 bits per heavy atom. The zero-order valence-corrected chi connectivity index (χ0v) is 11.4. The highest BCUT2D eigenvalue weighted by Crippen LogP contribution is 2.26. The van der Waals surface area contributed by atoms with Crippen molar-refractivity contribution in [3.8, 4) is 11.3 Å². The molecule has 1 N–H and O–H groups in total. The van der Waals surface area contributed by atoms with Gasteiger partial charge in [0.2, 0.25) is 0 Å². The maximum atomic E-state index is 11.0. The minimum Gasteiger partial charge on any atom is -0.476 e. The predicted molar refractivity (Wildman–Crippen MR) is 75.8 cm³/mol. The fraction of sp³-hybridized carbons (Fsp3) is 0.312. The minimum atomic E-state index is -1.04. The standard InChI is InChI=1S/C16H16N2O2/c1-10-8-14(17-18-15(10)16(19)20)13-7-6-11-4-2-3-5-12(11)9-13/h6-9H,2-5H2,1H3,(H,19,20). The van der Waals surface area contributed by atoms with Gasteiger partial charge in [0.15, 0.2) is 5.69 Å². The number of carboxylic acid groups (broad SMARTS) is 1. The van der Waals surface area contributed by atoms with E-state index in [0.717, 1.165) is 24.1 Å². The molecular weight excluding hydrogens is 252 g/mol. The number of fused-ring (bicyclic) bond motifs is 1. The van der Waals surface area contributed by atoms with Crippen molar-refractivity contribution < 1.29 is 9.90 Å². The number of aryl methyl sites for hydroxylation is 3. The number of nitrogens with zero attached hydrogens (tertiary/aromatic N) is 2. The van der Waals surface area contributed by atoms with Crippen LogP contribution < -0.4 is 0 Å². The van der Waals surface area contributed by atoms with Crippen LogP contribution in [0.15, 0.2) is 24.3 Å². The molecule has 0 radical (unpaired) electrons. The van der Waals surface area contributed by atoms with Gasteiger partial charge in [0.25, 0.3) is 0 Å². The summed E-state index contributed by atoms with van der Waals surface area (Å²) in [5, 5.41) is 16.8. The number of carbonyl (C=O) groups is 1. The summed E-state index contributed by atoms with van der Waals surface area (Å²) in [6.45, 7) is 1.75. The van der Waals surface area contributed by atoms with Crippen molar-refractivity contribution in [1.29, 1.82) is 0 Å². The Labute approximate surface area is 117 Å². The summed E-state index contributed by atoms with van der Waals surface area (Å²) in [4.78, 5) is 11.0. The second kappa shape index (κ2) is 5.04. The molecule has 20 heavy (non-hydrogen) atoms. The zero-order valence-electron chi connectivity index (χ0n) is 11.4. The summed E-state index contributed by atoms with van der Waals surface area (Å²) >= 11 is 0. The van der Waals surface area contributed by atoms with Crippen LogP contribution in [0.3, 0.4) is 0 Å². The lowest BCUT2D eigenvalue weighted by Gasteiger charge is -2.16. The molecule has 102 valence electrons. The zero-order chi connectivity index (χ0) is 14.1. The van der Waals surface area contributed by atoms with E-state index < -0.39 is 5.97 Å². The molecule has 2 aromatic rings. The summed E-state index contributed by atoms with van der Waals surface area (Å²) in [6, 6.07) is 8.17. The molecule has 1 aromatic carbocycles. The van der Waals surface area contributed by atoms with Crippen molar-refractivity contribution in [2.75, 3.05) is 0 Å². The molecule has 0 bridgehead atoms. The maximum Gasteiger partial charge on any atom is 0.356 e. The third-order valence-electron chi connectivity index (χ3n) is 3.83. The van der Waals surface area contributed by atoms with E-state index in [-0.39, 0.29) is 5.69 Å². The molecule has 4 nitrogen and oxygen atoms in total. The number of benzene rings is 1. The van der Waals surface area contributed by atoms with E-state index in [9.17, 15) is 4.79 Å². The van der Waals surface area contributed by atoms with Crippen LogP contribution in [0.4, 0.5) is 0 Å². The van der Waals surface area contributed by atoms with Gasteiger partial charge in [0, 0.05) is 5.56 Å². The van der Waals surface area contributed by atoms with E-state index >= 15 is 0 Å². The molecule has 0 fully saturated rings. The molecule has 0 atom stereocenters. The van der Waals surface area contributed by atoms with Gasteiger partial charge in [-0.3, -0.25) is 0 Å². The molecular formula is C16H16N2O2. The SMILES string of the molecule is Cc1cc(-c2ccc3c(c2)CCCC3)nnc1C(=O)O. The lowest BCUT2D eigenvalue weighted by molar-refractivity contribution is 0.0688. The molecule has 0 saturated carbocycles. The molecule has 0 spiro atoms. The molecule has 1 aliphatic rings. The fourth-order valence-electron chi connectivity index (χ4n) is 2.73. The molecule has 3 rings (SSSR count). The fourth-order valence-corrected chi connectivity index (χ4v) is 2.73. The van der Waals surface area contributed by atoms with Gasteiger partial charge in [-0.25, -0.2) is 4.79 Å². The van der Waals surface area contributed by atoms with Gasteiger partial charge in [-0.05, 0) is 61.4 Å². The summed E-state index contributed by atoms with van der Waals surface area (Å²) in [5.41, 5.74) is 5.22. The molecule has 0 unspecified atom stereocenters. The number of carboxylic acids is 1. The highest BCUT2D eigenvalue weighted by molar-refractivity contribution is 5.87. The van der Waals surface area contributed by atoms with Crippen molar-refractivity contribution in [2.45, 2.75) is 32.6 Å². The van der Waals surface area contributed by atoms with E-state index in [1.165, 1.54) is 24.0 Å². The predicted octanol–water partition coefficient (Wildman–Crippen LogP) is 3.03. The Morgan fingerprint density at radius 2 is 1.85 bits per heavy atom. The van der Waals surface area contributed by atoms with Crippen molar-refractivity contribution in [2.24, 2.45) is 0 Å². The van der Waals surface area contributed by atoms with Gasteiger partial charge in [-0.1, -0.05) is 12.1 Å². The van der Waals surface area contributed by atoms with E-state index in [1.807, 2.05) is 6.07 Å². The molecule has 0 saturated heterocycles. The van der Waals surface area contributed by atoms with Crippen LogP contribution in [0.5, 0.6) is 0 Å². The van der Waals surface area contributed by atoms with Crippen molar-refractivity contribution >= 4 is 5.97 Å². The Hall–Kier alpha value is -2.23. The molecule has 0 amide bonds. The molecule has 1 aromatic heterocycles. The average molecular weight is 268 g/mol. The quantitative estimate of drug-likeness (QED) is 0.909. The smallest absolute Gasteiger partial charge is 0.356 e. The molecule has 1 aliphatic carbocycles. The maximum absolute atomic E-state index is 11.0. The molecule has 1 heterocycles.